The molecule has 0 saturated heterocycles. The van der Waals surface area contributed by atoms with Crippen LogP contribution in [0.4, 0.5) is 0 Å². The zero-order valence-electron chi connectivity index (χ0n) is 10.9. The van der Waals surface area contributed by atoms with Crippen molar-refractivity contribution in [2.75, 3.05) is 0 Å². The molecule has 0 unspecified atom stereocenters. The van der Waals surface area contributed by atoms with Crippen LogP contribution in [-0.4, -0.2) is 15.6 Å². The Labute approximate surface area is 120 Å². The van der Waals surface area contributed by atoms with Crippen molar-refractivity contribution in [3.8, 4) is 11.3 Å². The molecule has 3 rings (SSSR count). The second-order valence-corrected chi connectivity index (χ2v) is 5.14. The van der Waals surface area contributed by atoms with Gasteiger partial charge in [-0.1, -0.05) is 30.3 Å². The average Bonchev–Trinajstić information content (AvgIpc) is 2.90. The molecule has 0 bridgehead atoms. The van der Waals surface area contributed by atoms with Crippen molar-refractivity contribution >= 4 is 12.4 Å². The van der Waals surface area contributed by atoms with E-state index < -0.39 is 0 Å². The van der Waals surface area contributed by atoms with E-state index in [0.29, 0.717) is 12.1 Å². The van der Waals surface area contributed by atoms with Gasteiger partial charge in [0.2, 0.25) is 0 Å². The smallest absolute Gasteiger partial charge is 0.0956 e. The van der Waals surface area contributed by atoms with Crippen LogP contribution < -0.4 is 5.73 Å². The molecule has 0 spiro atoms. The largest absolute Gasteiger partial charge is 0.334 e. The van der Waals surface area contributed by atoms with E-state index in [1.807, 2.05) is 24.5 Å². The number of rotatable bonds is 2. The Balaban J connectivity index is 0.00000133. The van der Waals surface area contributed by atoms with Crippen molar-refractivity contribution in [2.24, 2.45) is 5.73 Å². The van der Waals surface area contributed by atoms with Crippen molar-refractivity contribution in [1.29, 1.82) is 0 Å². The van der Waals surface area contributed by atoms with Crippen LogP contribution in [0.5, 0.6) is 0 Å². The van der Waals surface area contributed by atoms with Crippen LogP contribution in [0.2, 0.25) is 0 Å². The summed E-state index contributed by atoms with van der Waals surface area (Å²) in [6.07, 6.45) is 8.73. The summed E-state index contributed by atoms with van der Waals surface area (Å²) in [6.45, 7) is 0. The average molecular weight is 278 g/mol. The SMILES string of the molecule is Cl.NC1CCC(n2cnc(-c3ccccc3)c2)CC1. The standard InChI is InChI=1S/C15H19N3.ClH/c16-13-6-8-14(9-7-13)18-10-15(17-11-18)12-4-2-1-3-5-12;/h1-5,10-11,13-14H,6-9,16H2;1H. The molecule has 19 heavy (non-hydrogen) atoms. The predicted octanol–water partition coefficient (Wildman–Crippen LogP) is 3.41. The summed E-state index contributed by atoms with van der Waals surface area (Å²) in [5.41, 5.74) is 8.19. The van der Waals surface area contributed by atoms with Crippen LogP contribution in [0.25, 0.3) is 11.3 Å². The first-order valence-electron chi connectivity index (χ1n) is 6.67. The molecule has 0 atom stereocenters. The van der Waals surface area contributed by atoms with Gasteiger partial charge in [-0.3, -0.25) is 0 Å². The molecule has 1 aliphatic rings. The summed E-state index contributed by atoms with van der Waals surface area (Å²) in [5.74, 6) is 0. The third kappa shape index (κ3) is 3.17. The molecule has 2 N–H and O–H groups in total. The summed E-state index contributed by atoms with van der Waals surface area (Å²) in [7, 11) is 0. The fraction of sp³-hybridized carbons (Fsp3) is 0.400. The fourth-order valence-corrected chi connectivity index (χ4v) is 2.69. The summed E-state index contributed by atoms with van der Waals surface area (Å²) >= 11 is 0. The number of halogens is 1. The van der Waals surface area contributed by atoms with Gasteiger partial charge in [-0.15, -0.1) is 12.4 Å². The highest BCUT2D eigenvalue weighted by Crippen LogP contribution is 2.28. The number of hydrogen-bond acceptors (Lipinski definition) is 2. The molecule has 102 valence electrons. The van der Waals surface area contributed by atoms with Crippen molar-refractivity contribution in [1.82, 2.24) is 9.55 Å². The second kappa shape index (κ2) is 6.22. The molecule has 0 radical (unpaired) electrons. The molecular weight excluding hydrogens is 258 g/mol. The van der Waals surface area contributed by atoms with E-state index in [2.05, 4.69) is 27.9 Å². The first-order chi connectivity index (χ1) is 8.83. The number of nitrogens with two attached hydrogens (primary N) is 1. The molecule has 4 heteroatoms. The molecule has 1 aliphatic carbocycles. The first-order valence-corrected chi connectivity index (χ1v) is 6.67. The van der Waals surface area contributed by atoms with Gasteiger partial charge in [0, 0.05) is 23.8 Å². The quantitative estimate of drug-likeness (QED) is 0.914. The maximum absolute atomic E-state index is 5.95. The highest BCUT2D eigenvalue weighted by atomic mass is 35.5. The normalized spacial score (nSPS) is 22.8. The molecule has 1 heterocycles. The Kier molecular flexibility index (Phi) is 4.61. The maximum atomic E-state index is 5.95. The van der Waals surface area contributed by atoms with Gasteiger partial charge in [-0.25, -0.2) is 4.98 Å². The van der Waals surface area contributed by atoms with Gasteiger partial charge in [0.25, 0.3) is 0 Å². The lowest BCUT2D eigenvalue weighted by Gasteiger charge is -2.26. The molecule has 0 amide bonds. The molecule has 2 aromatic rings. The van der Waals surface area contributed by atoms with Gasteiger partial charge in [0.05, 0.1) is 12.0 Å². The molecule has 3 nitrogen and oxygen atoms in total. The maximum Gasteiger partial charge on any atom is 0.0956 e. The molecular formula is C15H20ClN3. The molecule has 1 aromatic carbocycles. The second-order valence-electron chi connectivity index (χ2n) is 5.14. The Bertz CT molecular complexity index is 501. The van der Waals surface area contributed by atoms with Crippen LogP contribution in [0, 0.1) is 0 Å². The number of benzene rings is 1. The van der Waals surface area contributed by atoms with Gasteiger partial charge in [0.1, 0.15) is 0 Å². The Morgan fingerprint density at radius 1 is 1.05 bits per heavy atom. The minimum atomic E-state index is 0. The van der Waals surface area contributed by atoms with Gasteiger partial charge < -0.3 is 10.3 Å². The molecule has 1 aromatic heterocycles. The monoisotopic (exact) mass is 277 g/mol. The molecule has 1 saturated carbocycles. The van der Waals surface area contributed by atoms with Crippen molar-refractivity contribution in [3.63, 3.8) is 0 Å². The van der Waals surface area contributed by atoms with E-state index >= 15 is 0 Å². The first kappa shape index (κ1) is 14.1. The van der Waals surface area contributed by atoms with E-state index in [4.69, 9.17) is 5.73 Å². The van der Waals surface area contributed by atoms with Crippen molar-refractivity contribution in [2.45, 2.75) is 37.8 Å². The third-order valence-electron chi connectivity index (χ3n) is 3.83. The number of nitrogens with zero attached hydrogens (tertiary/aromatic N) is 2. The zero-order valence-corrected chi connectivity index (χ0v) is 11.7. The van der Waals surface area contributed by atoms with Crippen LogP contribution in [0.15, 0.2) is 42.9 Å². The van der Waals surface area contributed by atoms with E-state index in [9.17, 15) is 0 Å². The summed E-state index contributed by atoms with van der Waals surface area (Å²) in [4.78, 5) is 4.51. The van der Waals surface area contributed by atoms with Gasteiger partial charge in [-0.05, 0) is 25.7 Å². The minimum absolute atomic E-state index is 0. The highest BCUT2D eigenvalue weighted by Gasteiger charge is 2.19. The lowest BCUT2D eigenvalue weighted by atomic mass is 9.92. The van der Waals surface area contributed by atoms with E-state index in [1.165, 1.54) is 18.4 Å². The number of hydrogen-bond donors (Lipinski definition) is 1. The van der Waals surface area contributed by atoms with Gasteiger partial charge in [0.15, 0.2) is 0 Å². The van der Waals surface area contributed by atoms with E-state index in [0.717, 1.165) is 18.5 Å². The predicted molar refractivity (Wildman–Crippen MR) is 80.4 cm³/mol. The minimum Gasteiger partial charge on any atom is -0.334 e. The molecule has 1 fully saturated rings. The number of imidazole rings is 1. The van der Waals surface area contributed by atoms with Crippen molar-refractivity contribution in [3.05, 3.63) is 42.9 Å². The Morgan fingerprint density at radius 2 is 1.74 bits per heavy atom. The third-order valence-corrected chi connectivity index (χ3v) is 3.83. The van der Waals surface area contributed by atoms with Crippen LogP contribution in [0.1, 0.15) is 31.7 Å². The lowest BCUT2D eigenvalue weighted by Crippen LogP contribution is -2.27. The lowest BCUT2D eigenvalue weighted by molar-refractivity contribution is 0.323. The zero-order chi connectivity index (χ0) is 12.4. The van der Waals surface area contributed by atoms with Crippen LogP contribution in [0.3, 0.4) is 0 Å². The fourth-order valence-electron chi connectivity index (χ4n) is 2.69. The van der Waals surface area contributed by atoms with E-state index in [-0.39, 0.29) is 12.4 Å². The van der Waals surface area contributed by atoms with Gasteiger partial charge in [-0.2, -0.15) is 0 Å². The highest BCUT2D eigenvalue weighted by molar-refractivity contribution is 5.85. The summed E-state index contributed by atoms with van der Waals surface area (Å²) < 4.78 is 2.26. The molecule has 0 aliphatic heterocycles. The number of aromatic nitrogens is 2. The van der Waals surface area contributed by atoms with E-state index in [1.54, 1.807) is 0 Å². The topological polar surface area (TPSA) is 43.8 Å². The summed E-state index contributed by atoms with van der Waals surface area (Å²) in [5, 5.41) is 0. The van der Waals surface area contributed by atoms with Crippen LogP contribution >= 0.6 is 12.4 Å². The summed E-state index contributed by atoms with van der Waals surface area (Å²) in [6, 6.07) is 11.3. The van der Waals surface area contributed by atoms with Gasteiger partial charge >= 0.3 is 0 Å². The Morgan fingerprint density at radius 3 is 2.42 bits per heavy atom. The van der Waals surface area contributed by atoms with Crippen molar-refractivity contribution < 1.29 is 0 Å². The Hall–Kier alpha value is -1.32. The van der Waals surface area contributed by atoms with Crippen LogP contribution in [-0.2, 0) is 0 Å².